The SMILES string of the molecule is Fc1ccccc1N1CCC(NC2CCN(c3nccc(C4CCOCC4)n3)C2)CC1. The summed E-state index contributed by atoms with van der Waals surface area (Å²) in [6.45, 7) is 5.38. The van der Waals surface area contributed by atoms with Gasteiger partial charge < -0.3 is 19.9 Å². The summed E-state index contributed by atoms with van der Waals surface area (Å²) in [5.74, 6) is 1.23. The molecule has 166 valence electrons. The van der Waals surface area contributed by atoms with Crippen molar-refractivity contribution in [3.05, 3.63) is 48.0 Å². The summed E-state index contributed by atoms with van der Waals surface area (Å²) in [6, 6.07) is 10.1. The van der Waals surface area contributed by atoms with E-state index in [1.54, 1.807) is 12.1 Å². The first-order chi connectivity index (χ1) is 15.3. The van der Waals surface area contributed by atoms with Crippen molar-refractivity contribution >= 4 is 11.6 Å². The summed E-state index contributed by atoms with van der Waals surface area (Å²) < 4.78 is 19.6. The summed E-state index contributed by atoms with van der Waals surface area (Å²) in [6.07, 6.45) is 7.20. The molecule has 31 heavy (non-hydrogen) atoms. The molecule has 7 heteroatoms. The lowest BCUT2D eigenvalue weighted by Crippen LogP contribution is -2.47. The Hall–Kier alpha value is -2.25. The molecule has 2 aromatic rings. The first-order valence-electron chi connectivity index (χ1n) is 11.7. The maximum atomic E-state index is 14.1. The second-order valence-electron chi connectivity index (χ2n) is 8.98. The van der Waals surface area contributed by atoms with Gasteiger partial charge in [-0.1, -0.05) is 12.1 Å². The Labute approximate surface area is 183 Å². The van der Waals surface area contributed by atoms with Crippen LogP contribution in [-0.4, -0.2) is 61.4 Å². The molecule has 1 N–H and O–H groups in total. The minimum absolute atomic E-state index is 0.122. The van der Waals surface area contributed by atoms with Crippen LogP contribution in [0, 0.1) is 5.82 Å². The molecular formula is C24H32FN5O. The van der Waals surface area contributed by atoms with Crippen molar-refractivity contribution in [1.29, 1.82) is 0 Å². The monoisotopic (exact) mass is 425 g/mol. The number of piperidine rings is 1. The third-order valence-corrected chi connectivity index (χ3v) is 6.93. The maximum Gasteiger partial charge on any atom is 0.225 e. The first kappa shape index (κ1) is 20.6. The molecule has 0 radical (unpaired) electrons. The van der Waals surface area contributed by atoms with Crippen LogP contribution in [0.15, 0.2) is 36.5 Å². The van der Waals surface area contributed by atoms with Crippen LogP contribution in [0.25, 0.3) is 0 Å². The van der Waals surface area contributed by atoms with Crippen LogP contribution >= 0.6 is 0 Å². The molecule has 5 rings (SSSR count). The zero-order chi connectivity index (χ0) is 21.0. The van der Waals surface area contributed by atoms with Gasteiger partial charge in [0.15, 0.2) is 0 Å². The van der Waals surface area contributed by atoms with E-state index in [-0.39, 0.29) is 5.82 Å². The van der Waals surface area contributed by atoms with Gasteiger partial charge in [0.2, 0.25) is 5.95 Å². The standard InChI is InChI=1S/C24H32FN5O/c25-21-3-1-2-4-23(21)29-12-6-19(7-13-29)27-20-8-14-30(17-20)24-26-11-5-22(28-24)18-9-15-31-16-10-18/h1-5,11,18-20,27H,6-10,12-17H2. The molecule has 1 unspecified atom stereocenters. The van der Waals surface area contributed by atoms with Gasteiger partial charge in [0.25, 0.3) is 0 Å². The number of ether oxygens (including phenoxy) is 1. The summed E-state index contributed by atoms with van der Waals surface area (Å²) in [4.78, 5) is 13.9. The fraction of sp³-hybridized carbons (Fsp3) is 0.583. The average molecular weight is 426 g/mol. The van der Waals surface area contributed by atoms with Crippen molar-refractivity contribution in [2.75, 3.05) is 49.2 Å². The summed E-state index contributed by atoms with van der Waals surface area (Å²) in [5.41, 5.74) is 1.89. The number of hydrogen-bond donors (Lipinski definition) is 1. The van der Waals surface area contributed by atoms with Gasteiger partial charge >= 0.3 is 0 Å². The van der Waals surface area contributed by atoms with E-state index in [4.69, 9.17) is 9.72 Å². The van der Waals surface area contributed by atoms with Crippen molar-refractivity contribution in [3.8, 4) is 0 Å². The van der Waals surface area contributed by atoms with E-state index >= 15 is 0 Å². The van der Waals surface area contributed by atoms with Crippen LogP contribution in [-0.2, 0) is 4.74 Å². The van der Waals surface area contributed by atoms with Crippen LogP contribution in [0.1, 0.15) is 43.7 Å². The van der Waals surface area contributed by atoms with Crippen molar-refractivity contribution in [1.82, 2.24) is 15.3 Å². The van der Waals surface area contributed by atoms with E-state index in [1.165, 1.54) is 0 Å². The Morgan fingerprint density at radius 3 is 2.45 bits per heavy atom. The third kappa shape index (κ3) is 4.83. The summed E-state index contributed by atoms with van der Waals surface area (Å²) >= 11 is 0. The fourth-order valence-corrected chi connectivity index (χ4v) is 5.14. The minimum Gasteiger partial charge on any atom is -0.381 e. The molecule has 3 aliphatic heterocycles. The van der Waals surface area contributed by atoms with Crippen LogP contribution in [0.2, 0.25) is 0 Å². The molecule has 3 fully saturated rings. The van der Waals surface area contributed by atoms with E-state index < -0.39 is 0 Å². The Morgan fingerprint density at radius 1 is 0.903 bits per heavy atom. The molecule has 0 spiro atoms. The number of aromatic nitrogens is 2. The highest BCUT2D eigenvalue weighted by Gasteiger charge is 2.29. The highest BCUT2D eigenvalue weighted by Crippen LogP contribution is 2.27. The van der Waals surface area contributed by atoms with Gasteiger partial charge in [0.05, 0.1) is 5.69 Å². The Morgan fingerprint density at radius 2 is 1.65 bits per heavy atom. The number of anilines is 2. The molecule has 6 nitrogen and oxygen atoms in total. The van der Waals surface area contributed by atoms with E-state index in [1.807, 2.05) is 18.3 Å². The Balaban J connectivity index is 1.13. The van der Waals surface area contributed by atoms with Gasteiger partial charge in [-0.15, -0.1) is 0 Å². The van der Waals surface area contributed by atoms with Crippen molar-refractivity contribution < 1.29 is 9.13 Å². The van der Waals surface area contributed by atoms with Crippen LogP contribution in [0.5, 0.6) is 0 Å². The number of nitrogens with one attached hydrogen (secondary N) is 1. The lowest BCUT2D eigenvalue weighted by molar-refractivity contribution is 0.0845. The van der Waals surface area contributed by atoms with Crippen molar-refractivity contribution in [3.63, 3.8) is 0 Å². The number of rotatable bonds is 5. The van der Waals surface area contributed by atoms with Gasteiger partial charge in [-0.05, 0) is 50.3 Å². The Kier molecular flexibility index (Phi) is 6.32. The van der Waals surface area contributed by atoms with Gasteiger partial charge in [0.1, 0.15) is 5.82 Å². The molecule has 0 bridgehead atoms. The van der Waals surface area contributed by atoms with Crippen LogP contribution < -0.4 is 15.1 Å². The molecule has 1 aromatic heterocycles. The van der Waals surface area contributed by atoms with Crippen LogP contribution in [0.4, 0.5) is 16.0 Å². The number of para-hydroxylation sites is 1. The number of nitrogens with zero attached hydrogens (tertiary/aromatic N) is 4. The number of halogens is 1. The highest BCUT2D eigenvalue weighted by atomic mass is 19.1. The van der Waals surface area contributed by atoms with Gasteiger partial charge in [0, 0.05) is 69.3 Å². The van der Waals surface area contributed by atoms with Crippen molar-refractivity contribution in [2.45, 2.75) is 50.1 Å². The molecule has 1 atom stereocenters. The summed E-state index contributed by atoms with van der Waals surface area (Å²) in [7, 11) is 0. The van der Waals surface area contributed by atoms with E-state index in [0.717, 1.165) is 88.8 Å². The van der Waals surface area contributed by atoms with E-state index in [2.05, 4.69) is 26.2 Å². The highest BCUT2D eigenvalue weighted by molar-refractivity contribution is 5.48. The molecular weight excluding hydrogens is 393 g/mol. The quantitative estimate of drug-likeness (QED) is 0.793. The average Bonchev–Trinajstić information content (AvgIpc) is 3.29. The number of hydrogen-bond acceptors (Lipinski definition) is 6. The fourth-order valence-electron chi connectivity index (χ4n) is 5.14. The molecule has 3 saturated heterocycles. The normalized spacial score (nSPS) is 23.5. The predicted molar refractivity (Wildman–Crippen MR) is 120 cm³/mol. The topological polar surface area (TPSA) is 53.5 Å². The van der Waals surface area contributed by atoms with Crippen LogP contribution in [0.3, 0.4) is 0 Å². The zero-order valence-corrected chi connectivity index (χ0v) is 18.0. The molecule has 0 saturated carbocycles. The smallest absolute Gasteiger partial charge is 0.225 e. The van der Waals surface area contributed by atoms with Gasteiger partial charge in [-0.3, -0.25) is 0 Å². The number of benzene rings is 1. The molecule has 1 aromatic carbocycles. The maximum absolute atomic E-state index is 14.1. The van der Waals surface area contributed by atoms with E-state index in [0.29, 0.717) is 18.0 Å². The predicted octanol–water partition coefficient (Wildman–Crippen LogP) is 3.35. The lowest BCUT2D eigenvalue weighted by atomic mass is 9.96. The largest absolute Gasteiger partial charge is 0.381 e. The molecule has 0 amide bonds. The second-order valence-corrected chi connectivity index (χ2v) is 8.98. The zero-order valence-electron chi connectivity index (χ0n) is 18.0. The van der Waals surface area contributed by atoms with Gasteiger partial charge in [-0.25, -0.2) is 14.4 Å². The Bertz CT molecular complexity index is 867. The second kappa shape index (κ2) is 9.49. The lowest BCUT2D eigenvalue weighted by Gasteiger charge is -2.35. The first-order valence-corrected chi connectivity index (χ1v) is 11.7. The molecule has 3 aliphatic rings. The van der Waals surface area contributed by atoms with Gasteiger partial charge in [-0.2, -0.15) is 0 Å². The third-order valence-electron chi connectivity index (χ3n) is 6.93. The minimum atomic E-state index is -0.122. The molecule has 4 heterocycles. The van der Waals surface area contributed by atoms with E-state index in [9.17, 15) is 4.39 Å². The summed E-state index contributed by atoms with van der Waals surface area (Å²) in [5, 5.41) is 3.85. The molecule has 0 aliphatic carbocycles. The van der Waals surface area contributed by atoms with Crippen molar-refractivity contribution in [2.24, 2.45) is 0 Å².